The summed E-state index contributed by atoms with van der Waals surface area (Å²) in [5.41, 5.74) is 1.44. The number of para-hydroxylation sites is 1. The molecule has 3 heteroatoms. The van der Waals surface area contributed by atoms with Gasteiger partial charge in [0.15, 0.2) is 0 Å². The lowest BCUT2D eigenvalue weighted by Gasteiger charge is -2.57. The molecule has 0 amide bonds. The van der Waals surface area contributed by atoms with Gasteiger partial charge in [0.1, 0.15) is 18.5 Å². The van der Waals surface area contributed by atoms with Crippen LogP contribution in [0.15, 0.2) is 24.3 Å². The van der Waals surface area contributed by atoms with E-state index in [2.05, 4.69) is 5.32 Å². The standard InChI is InChI=1S/C20H29NO2/c1-14-4-2-3-5-19(14)23-13-18(22)12-21-20-9-15-6-16(10-20)8-17(7-15)11-20/h2-5,15-18,21-22H,6-13H2,1H3. The zero-order valence-electron chi connectivity index (χ0n) is 14.1. The topological polar surface area (TPSA) is 41.5 Å². The zero-order valence-corrected chi connectivity index (χ0v) is 14.1. The molecule has 126 valence electrons. The van der Waals surface area contributed by atoms with E-state index < -0.39 is 6.10 Å². The summed E-state index contributed by atoms with van der Waals surface area (Å²) in [5.74, 6) is 3.69. The van der Waals surface area contributed by atoms with Crippen molar-refractivity contribution in [3.8, 4) is 5.75 Å². The summed E-state index contributed by atoms with van der Waals surface area (Å²) in [6.07, 6.45) is 7.90. The van der Waals surface area contributed by atoms with Crippen molar-refractivity contribution in [1.29, 1.82) is 0 Å². The van der Waals surface area contributed by atoms with Gasteiger partial charge in [-0.15, -0.1) is 0 Å². The predicted molar refractivity (Wildman–Crippen MR) is 91.6 cm³/mol. The molecule has 4 bridgehead atoms. The van der Waals surface area contributed by atoms with Gasteiger partial charge in [0, 0.05) is 12.1 Å². The summed E-state index contributed by atoms with van der Waals surface area (Å²) in [6.45, 7) is 3.05. The Labute approximate surface area is 139 Å². The van der Waals surface area contributed by atoms with Crippen LogP contribution in [0.2, 0.25) is 0 Å². The molecule has 0 saturated heterocycles. The summed E-state index contributed by atoms with van der Waals surface area (Å²) in [4.78, 5) is 0. The first-order valence-corrected chi connectivity index (χ1v) is 9.23. The minimum Gasteiger partial charge on any atom is -0.491 e. The fraction of sp³-hybridized carbons (Fsp3) is 0.700. The molecule has 0 spiro atoms. The van der Waals surface area contributed by atoms with Crippen molar-refractivity contribution in [1.82, 2.24) is 5.32 Å². The maximum atomic E-state index is 10.3. The highest BCUT2D eigenvalue weighted by Crippen LogP contribution is 2.55. The van der Waals surface area contributed by atoms with E-state index in [0.717, 1.165) is 29.1 Å². The number of aliphatic hydroxyl groups is 1. The lowest BCUT2D eigenvalue weighted by Crippen LogP contribution is -2.59. The average molecular weight is 315 g/mol. The van der Waals surface area contributed by atoms with Crippen LogP contribution < -0.4 is 10.1 Å². The highest BCUT2D eigenvalue weighted by Gasteiger charge is 2.50. The highest BCUT2D eigenvalue weighted by molar-refractivity contribution is 5.31. The van der Waals surface area contributed by atoms with Gasteiger partial charge in [-0.25, -0.2) is 0 Å². The maximum absolute atomic E-state index is 10.3. The third-order valence-electron chi connectivity index (χ3n) is 6.28. The van der Waals surface area contributed by atoms with Gasteiger partial charge in [0.05, 0.1) is 0 Å². The molecule has 1 aromatic rings. The van der Waals surface area contributed by atoms with Crippen LogP contribution in [0.25, 0.3) is 0 Å². The third-order valence-corrected chi connectivity index (χ3v) is 6.28. The molecule has 0 aromatic heterocycles. The summed E-state index contributed by atoms with van der Waals surface area (Å²) in [5, 5.41) is 14.1. The van der Waals surface area contributed by atoms with Crippen molar-refractivity contribution >= 4 is 0 Å². The molecule has 0 aliphatic heterocycles. The van der Waals surface area contributed by atoms with E-state index >= 15 is 0 Å². The molecule has 4 aliphatic rings. The smallest absolute Gasteiger partial charge is 0.122 e. The molecule has 4 saturated carbocycles. The van der Waals surface area contributed by atoms with Gasteiger partial charge in [-0.05, 0) is 74.8 Å². The van der Waals surface area contributed by atoms with E-state index in [-0.39, 0.29) is 0 Å². The van der Waals surface area contributed by atoms with Crippen LogP contribution in [0.3, 0.4) is 0 Å². The van der Waals surface area contributed by atoms with E-state index in [0.29, 0.717) is 18.7 Å². The second kappa shape index (κ2) is 6.10. The highest BCUT2D eigenvalue weighted by atomic mass is 16.5. The minimum absolute atomic E-state index is 0.318. The van der Waals surface area contributed by atoms with Gasteiger partial charge >= 0.3 is 0 Å². The molecule has 2 N–H and O–H groups in total. The van der Waals surface area contributed by atoms with E-state index in [1.165, 1.54) is 38.5 Å². The normalized spacial score (nSPS) is 36.2. The maximum Gasteiger partial charge on any atom is 0.122 e. The summed E-state index contributed by atoms with van der Waals surface area (Å²) in [6, 6.07) is 7.99. The van der Waals surface area contributed by atoms with Gasteiger partial charge in [0.25, 0.3) is 0 Å². The lowest BCUT2D eigenvalue weighted by atomic mass is 9.53. The molecule has 4 aliphatic carbocycles. The van der Waals surface area contributed by atoms with Crippen LogP contribution >= 0.6 is 0 Å². The molecule has 1 atom stereocenters. The number of ether oxygens (including phenoxy) is 1. The van der Waals surface area contributed by atoms with Crippen LogP contribution in [0, 0.1) is 24.7 Å². The lowest BCUT2D eigenvalue weighted by molar-refractivity contribution is -0.0266. The molecule has 0 heterocycles. The number of aryl methyl sites for hydroxylation is 1. The Hall–Kier alpha value is -1.06. The van der Waals surface area contributed by atoms with Gasteiger partial charge in [-0.2, -0.15) is 0 Å². The molecule has 0 radical (unpaired) electrons. The predicted octanol–water partition coefficient (Wildman–Crippen LogP) is 3.29. The number of rotatable bonds is 6. The van der Waals surface area contributed by atoms with E-state index in [4.69, 9.17) is 4.74 Å². The molecule has 1 aromatic carbocycles. The van der Waals surface area contributed by atoms with Gasteiger partial charge in [0.2, 0.25) is 0 Å². The van der Waals surface area contributed by atoms with E-state index in [1.807, 2.05) is 31.2 Å². The number of β-amino-alcohol motifs (C(OH)–C–C–N with tert-alkyl or cyclic N) is 1. The number of nitrogens with one attached hydrogen (secondary N) is 1. The van der Waals surface area contributed by atoms with E-state index in [1.54, 1.807) is 0 Å². The molecule has 3 nitrogen and oxygen atoms in total. The van der Waals surface area contributed by atoms with Gasteiger partial charge in [-0.1, -0.05) is 18.2 Å². The monoisotopic (exact) mass is 315 g/mol. The molecular formula is C20H29NO2. The zero-order chi connectivity index (χ0) is 15.9. The third kappa shape index (κ3) is 3.27. The fourth-order valence-corrected chi connectivity index (χ4v) is 5.62. The minimum atomic E-state index is -0.442. The largest absolute Gasteiger partial charge is 0.491 e. The first-order chi connectivity index (χ1) is 11.1. The number of hydrogen-bond donors (Lipinski definition) is 2. The SMILES string of the molecule is Cc1ccccc1OCC(O)CNC12CC3CC(CC(C3)C1)C2. The molecule has 1 unspecified atom stereocenters. The van der Waals surface area contributed by atoms with Crippen molar-refractivity contribution in [2.45, 2.75) is 57.1 Å². The van der Waals surface area contributed by atoms with Crippen molar-refractivity contribution in [3.05, 3.63) is 29.8 Å². The molecule has 4 fully saturated rings. The first-order valence-electron chi connectivity index (χ1n) is 9.23. The van der Waals surface area contributed by atoms with Crippen LogP contribution in [0.4, 0.5) is 0 Å². The Bertz CT molecular complexity index is 521. The van der Waals surface area contributed by atoms with Crippen molar-refractivity contribution in [2.75, 3.05) is 13.2 Å². The van der Waals surface area contributed by atoms with Gasteiger partial charge in [-0.3, -0.25) is 0 Å². The van der Waals surface area contributed by atoms with Crippen molar-refractivity contribution in [2.24, 2.45) is 17.8 Å². The summed E-state index contributed by atoms with van der Waals surface area (Å²) in [7, 11) is 0. The molecular weight excluding hydrogens is 286 g/mol. The fourth-order valence-electron chi connectivity index (χ4n) is 5.62. The van der Waals surface area contributed by atoms with Crippen molar-refractivity contribution in [3.63, 3.8) is 0 Å². The summed E-state index contributed by atoms with van der Waals surface area (Å²) < 4.78 is 5.78. The molecule has 23 heavy (non-hydrogen) atoms. The second-order valence-electron chi connectivity index (χ2n) is 8.31. The van der Waals surface area contributed by atoms with Crippen LogP contribution in [0.1, 0.15) is 44.1 Å². The Kier molecular flexibility index (Phi) is 4.10. The second-order valence-corrected chi connectivity index (χ2v) is 8.31. The molecule has 5 rings (SSSR count). The van der Waals surface area contributed by atoms with Crippen LogP contribution in [-0.4, -0.2) is 29.9 Å². The van der Waals surface area contributed by atoms with Crippen LogP contribution in [-0.2, 0) is 0 Å². The first kappa shape index (κ1) is 15.5. The Morgan fingerprint density at radius 1 is 1.13 bits per heavy atom. The van der Waals surface area contributed by atoms with Crippen molar-refractivity contribution < 1.29 is 9.84 Å². The Morgan fingerprint density at radius 3 is 2.35 bits per heavy atom. The average Bonchev–Trinajstić information content (AvgIpc) is 2.51. The number of benzene rings is 1. The number of hydrogen-bond acceptors (Lipinski definition) is 3. The van der Waals surface area contributed by atoms with E-state index in [9.17, 15) is 5.11 Å². The number of aliphatic hydroxyl groups excluding tert-OH is 1. The van der Waals surface area contributed by atoms with Crippen LogP contribution in [0.5, 0.6) is 5.75 Å². The quantitative estimate of drug-likeness (QED) is 0.846. The summed E-state index contributed by atoms with van der Waals surface area (Å²) >= 11 is 0. The van der Waals surface area contributed by atoms with Gasteiger partial charge < -0.3 is 15.2 Å². The Balaban J connectivity index is 1.28. The Morgan fingerprint density at radius 2 is 1.74 bits per heavy atom.